The van der Waals surface area contributed by atoms with Gasteiger partial charge in [0.25, 0.3) is 0 Å². The van der Waals surface area contributed by atoms with E-state index in [2.05, 4.69) is 0 Å². The Bertz CT molecular complexity index is 371. The molecule has 1 unspecified atom stereocenters. The number of carbonyl (C=O) groups excluding carboxylic acids is 1. The smallest absolute Gasteiger partial charge is 0.166 e. The molecule has 17 heavy (non-hydrogen) atoms. The molecule has 0 aliphatic heterocycles. The van der Waals surface area contributed by atoms with E-state index in [1.165, 1.54) is 6.07 Å². The molecule has 0 fully saturated rings. The molecule has 0 radical (unpaired) electrons. The largest absolute Gasteiger partial charge is 0.371 e. The first-order chi connectivity index (χ1) is 8.10. The van der Waals surface area contributed by atoms with E-state index in [-0.39, 0.29) is 17.8 Å². The van der Waals surface area contributed by atoms with Crippen molar-refractivity contribution in [3.63, 3.8) is 0 Å². The number of ketones is 1. The molecule has 0 bridgehead atoms. The molecule has 0 aromatic heterocycles. The van der Waals surface area contributed by atoms with E-state index in [4.69, 9.17) is 4.74 Å². The summed E-state index contributed by atoms with van der Waals surface area (Å²) in [7, 11) is 0. The minimum atomic E-state index is -0.690. The van der Waals surface area contributed by atoms with Gasteiger partial charge in [-0.1, -0.05) is 13.0 Å². The lowest BCUT2D eigenvalue weighted by Gasteiger charge is -2.14. The van der Waals surface area contributed by atoms with E-state index in [0.29, 0.717) is 13.0 Å². The standard InChI is InChI=1S/C13H16F2O2/c1-3-13(17-4-2)12(16)8-9-10(14)6-5-7-11(9)15/h5-7,13H,3-4,8H2,1-2H3. The molecule has 0 heterocycles. The molecule has 0 aliphatic rings. The van der Waals surface area contributed by atoms with Gasteiger partial charge in [-0.3, -0.25) is 4.79 Å². The summed E-state index contributed by atoms with van der Waals surface area (Å²) in [6, 6.07) is 3.57. The van der Waals surface area contributed by atoms with Crippen molar-refractivity contribution in [2.45, 2.75) is 32.8 Å². The van der Waals surface area contributed by atoms with Gasteiger partial charge in [-0.25, -0.2) is 8.78 Å². The first-order valence-corrected chi connectivity index (χ1v) is 5.67. The number of carbonyl (C=O) groups is 1. The Balaban J connectivity index is 2.80. The van der Waals surface area contributed by atoms with E-state index in [9.17, 15) is 13.6 Å². The zero-order valence-corrected chi connectivity index (χ0v) is 10.0. The lowest BCUT2D eigenvalue weighted by atomic mass is 10.0. The summed E-state index contributed by atoms with van der Waals surface area (Å²) in [5.41, 5.74) is -0.185. The third-order valence-electron chi connectivity index (χ3n) is 2.51. The summed E-state index contributed by atoms with van der Waals surface area (Å²) in [4.78, 5) is 11.8. The summed E-state index contributed by atoms with van der Waals surface area (Å²) >= 11 is 0. The fraction of sp³-hybridized carbons (Fsp3) is 0.462. The van der Waals surface area contributed by atoms with Gasteiger partial charge in [0, 0.05) is 18.6 Å². The maximum absolute atomic E-state index is 13.3. The number of Topliss-reactive ketones (excluding diaryl/α,β-unsaturated/α-hetero) is 1. The molecule has 0 saturated heterocycles. The van der Waals surface area contributed by atoms with Crippen LogP contribution in [0.15, 0.2) is 18.2 Å². The second-order valence-corrected chi connectivity index (χ2v) is 3.70. The van der Waals surface area contributed by atoms with E-state index < -0.39 is 17.7 Å². The highest BCUT2D eigenvalue weighted by molar-refractivity contribution is 5.85. The molecule has 0 saturated carbocycles. The Morgan fingerprint density at radius 1 is 1.29 bits per heavy atom. The highest BCUT2D eigenvalue weighted by Gasteiger charge is 2.20. The van der Waals surface area contributed by atoms with Crippen molar-refractivity contribution in [1.82, 2.24) is 0 Å². The maximum atomic E-state index is 13.3. The van der Waals surface area contributed by atoms with Crippen LogP contribution in [0.25, 0.3) is 0 Å². The van der Waals surface area contributed by atoms with Crippen LogP contribution in [-0.4, -0.2) is 18.5 Å². The monoisotopic (exact) mass is 242 g/mol. The highest BCUT2D eigenvalue weighted by atomic mass is 19.1. The van der Waals surface area contributed by atoms with Crippen LogP contribution in [0, 0.1) is 11.6 Å². The van der Waals surface area contributed by atoms with Crippen LogP contribution >= 0.6 is 0 Å². The Hall–Kier alpha value is -1.29. The van der Waals surface area contributed by atoms with E-state index in [1.807, 2.05) is 0 Å². The molecular weight excluding hydrogens is 226 g/mol. The molecule has 1 aromatic carbocycles. The van der Waals surface area contributed by atoms with Crippen LogP contribution in [-0.2, 0) is 16.0 Å². The minimum absolute atomic E-state index is 0.185. The molecule has 0 spiro atoms. The van der Waals surface area contributed by atoms with Crippen molar-refractivity contribution in [1.29, 1.82) is 0 Å². The van der Waals surface area contributed by atoms with Crippen molar-refractivity contribution in [3.8, 4) is 0 Å². The lowest BCUT2D eigenvalue weighted by molar-refractivity contribution is -0.129. The zero-order valence-electron chi connectivity index (χ0n) is 10.0. The number of halogens is 2. The first-order valence-electron chi connectivity index (χ1n) is 5.67. The molecule has 1 aromatic rings. The van der Waals surface area contributed by atoms with Gasteiger partial charge in [0.2, 0.25) is 0 Å². The Morgan fingerprint density at radius 2 is 1.88 bits per heavy atom. The second kappa shape index (κ2) is 6.45. The fourth-order valence-corrected chi connectivity index (χ4v) is 1.63. The lowest BCUT2D eigenvalue weighted by Crippen LogP contribution is -2.26. The normalized spacial score (nSPS) is 12.5. The average Bonchev–Trinajstić information content (AvgIpc) is 2.30. The number of rotatable bonds is 6. The molecule has 1 atom stereocenters. The van der Waals surface area contributed by atoms with Crippen molar-refractivity contribution in [3.05, 3.63) is 35.4 Å². The van der Waals surface area contributed by atoms with Gasteiger partial charge < -0.3 is 4.74 Å². The van der Waals surface area contributed by atoms with Crippen LogP contribution < -0.4 is 0 Å². The predicted octanol–water partition coefficient (Wildman–Crippen LogP) is 2.89. The van der Waals surface area contributed by atoms with Crippen molar-refractivity contribution in [2.75, 3.05) is 6.61 Å². The Kier molecular flexibility index (Phi) is 5.22. The van der Waals surface area contributed by atoms with Crippen LogP contribution in [0.1, 0.15) is 25.8 Å². The topological polar surface area (TPSA) is 26.3 Å². The number of ether oxygens (including phenoxy) is 1. The van der Waals surface area contributed by atoms with Gasteiger partial charge in [-0.15, -0.1) is 0 Å². The van der Waals surface area contributed by atoms with Crippen molar-refractivity contribution in [2.24, 2.45) is 0 Å². The number of hydrogen-bond donors (Lipinski definition) is 0. The summed E-state index contributed by atoms with van der Waals surface area (Å²) in [6.07, 6.45) is -0.348. The maximum Gasteiger partial charge on any atom is 0.166 e. The third-order valence-corrected chi connectivity index (χ3v) is 2.51. The summed E-state index contributed by atoms with van der Waals surface area (Å²) in [6.45, 7) is 3.99. The zero-order chi connectivity index (χ0) is 12.8. The molecule has 94 valence electrons. The highest BCUT2D eigenvalue weighted by Crippen LogP contribution is 2.15. The second-order valence-electron chi connectivity index (χ2n) is 3.70. The molecular formula is C13H16F2O2. The quantitative estimate of drug-likeness (QED) is 0.766. The van der Waals surface area contributed by atoms with Gasteiger partial charge in [0.15, 0.2) is 5.78 Å². The van der Waals surface area contributed by atoms with E-state index in [0.717, 1.165) is 12.1 Å². The van der Waals surface area contributed by atoms with Gasteiger partial charge in [0.1, 0.15) is 17.7 Å². The van der Waals surface area contributed by atoms with Gasteiger partial charge in [-0.2, -0.15) is 0 Å². The molecule has 0 N–H and O–H groups in total. The molecule has 0 amide bonds. The third kappa shape index (κ3) is 3.60. The predicted molar refractivity (Wildman–Crippen MR) is 60.8 cm³/mol. The SMILES string of the molecule is CCOC(CC)C(=O)Cc1c(F)cccc1F. The van der Waals surface area contributed by atoms with Crippen LogP contribution in [0.4, 0.5) is 8.78 Å². The number of hydrogen-bond acceptors (Lipinski definition) is 2. The van der Waals surface area contributed by atoms with Crippen LogP contribution in [0.5, 0.6) is 0 Å². The number of benzene rings is 1. The van der Waals surface area contributed by atoms with Crippen molar-refractivity contribution < 1.29 is 18.3 Å². The summed E-state index contributed by atoms with van der Waals surface area (Å²) in [5, 5.41) is 0. The van der Waals surface area contributed by atoms with E-state index in [1.54, 1.807) is 13.8 Å². The van der Waals surface area contributed by atoms with Crippen LogP contribution in [0.2, 0.25) is 0 Å². The molecule has 1 rings (SSSR count). The van der Waals surface area contributed by atoms with Crippen molar-refractivity contribution >= 4 is 5.78 Å². The van der Waals surface area contributed by atoms with Crippen LogP contribution in [0.3, 0.4) is 0 Å². The molecule has 0 aliphatic carbocycles. The van der Waals surface area contributed by atoms with Gasteiger partial charge in [-0.05, 0) is 25.5 Å². The fourth-order valence-electron chi connectivity index (χ4n) is 1.63. The summed E-state index contributed by atoms with van der Waals surface area (Å²) < 4.78 is 31.9. The first kappa shape index (κ1) is 13.8. The van der Waals surface area contributed by atoms with E-state index >= 15 is 0 Å². The molecule has 2 nitrogen and oxygen atoms in total. The van der Waals surface area contributed by atoms with Gasteiger partial charge in [0.05, 0.1) is 0 Å². The minimum Gasteiger partial charge on any atom is -0.371 e. The molecule has 4 heteroatoms. The average molecular weight is 242 g/mol. The Morgan fingerprint density at radius 3 is 2.35 bits per heavy atom. The summed E-state index contributed by atoms with van der Waals surface area (Å²) in [5.74, 6) is -1.67. The Labute approximate surface area is 99.6 Å². The van der Waals surface area contributed by atoms with Gasteiger partial charge >= 0.3 is 0 Å².